The number of urea groups is 1. The molecule has 3 rings (SSSR count). The van der Waals surface area contributed by atoms with E-state index in [-0.39, 0.29) is 18.2 Å². The molecular formula is C19H28BrN5O3. The van der Waals surface area contributed by atoms with Gasteiger partial charge < -0.3 is 27.3 Å². The van der Waals surface area contributed by atoms with Gasteiger partial charge in [0.25, 0.3) is 5.91 Å². The Hall–Kier alpha value is -2.36. The molecule has 2 atom stereocenters. The number of nitrogens with two attached hydrogens (primary N) is 1. The van der Waals surface area contributed by atoms with Gasteiger partial charge in [-0.3, -0.25) is 9.69 Å². The Labute approximate surface area is 173 Å². The average Bonchev–Trinajstić information content (AvgIpc) is 3.15. The average molecular weight is 454 g/mol. The van der Waals surface area contributed by atoms with Gasteiger partial charge in [0, 0.05) is 0 Å². The maximum atomic E-state index is 11.9. The van der Waals surface area contributed by atoms with Crippen molar-refractivity contribution in [3.8, 4) is 0 Å². The number of halogens is 1. The van der Waals surface area contributed by atoms with E-state index >= 15 is 0 Å². The van der Waals surface area contributed by atoms with Crippen molar-refractivity contribution in [3.05, 3.63) is 57.8 Å². The number of carbonyl (C=O) groups is 2. The van der Waals surface area contributed by atoms with Crippen molar-refractivity contribution in [2.24, 2.45) is 5.73 Å². The number of aromatic amines is 1. The number of carbonyl (C=O) groups excluding carboxylic acids is 2. The third-order valence-electron chi connectivity index (χ3n) is 4.64. The van der Waals surface area contributed by atoms with E-state index in [4.69, 9.17) is 5.73 Å². The van der Waals surface area contributed by atoms with E-state index in [0.29, 0.717) is 18.7 Å². The van der Waals surface area contributed by atoms with Gasteiger partial charge in [0.05, 0.1) is 17.2 Å². The predicted molar refractivity (Wildman–Crippen MR) is 112 cm³/mol. The Kier molecular flexibility index (Phi) is 8.22. The van der Waals surface area contributed by atoms with Crippen molar-refractivity contribution in [2.75, 3.05) is 0 Å². The molecule has 1 aromatic carbocycles. The minimum atomic E-state index is -1.10. The number of aromatic nitrogens is 1. The van der Waals surface area contributed by atoms with E-state index in [1.807, 2.05) is 45.0 Å². The highest BCUT2D eigenvalue weighted by Gasteiger charge is 2.47. The normalized spacial score (nSPS) is 20.7. The monoisotopic (exact) mass is 453 g/mol. The van der Waals surface area contributed by atoms with E-state index in [9.17, 15) is 14.7 Å². The number of nitrogens with one attached hydrogen (secondary N) is 2. The first kappa shape index (κ1) is 23.7. The van der Waals surface area contributed by atoms with Crippen molar-refractivity contribution in [1.29, 1.82) is 0 Å². The number of H-pyrrole nitrogens is 1. The van der Waals surface area contributed by atoms with Gasteiger partial charge in [0.2, 0.25) is 0 Å². The van der Waals surface area contributed by atoms with Gasteiger partial charge in [-0.2, -0.15) is 0 Å². The molecule has 1 saturated heterocycles. The van der Waals surface area contributed by atoms with Crippen LogP contribution in [0.4, 0.5) is 4.79 Å². The smallest absolute Gasteiger partial charge is 0.320 e. The summed E-state index contributed by atoms with van der Waals surface area (Å²) in [5.74, 6) is -0.444. The Morgan fingerprint density at radius 1 is 1.29 bits per heavy atom. The predicted octanol–water partition coefficient (Wildman–Crippen LogP) is 3.05. The molecule has 2 heterocycles. The zero-order chi connectivity index (χ0) is 20.2. The van der Waals surface area contributed by atoms with E-state index in [1.165, 1.54) is 10.5 Å². The summed E-state index contributed by atoms with van der Waals surface area (Å²) < 4.78 is 0.760. The van der Waals surface area contributed by atoms with Crippen LogP contribution < -0.4 is 17.2 Å². The quantitative estimate of drug-likeness (QED) is 0.483. The van der Waals surface area contributed by atoms with Crippen molar-refractivity contribution in [3.63, 3.8) is 0 Å². The molecule has 0 radical (unpaired) electrons. The molecule has 8 N–H and O–H groups in total. The lowest BCUT2D eigenvalue weighted by Crippen LogP contribution is -2.49. The zero-order valence-corrected chi connectivity index (χ0v) is 17.9. The third kappa shape index (κ3) is 5.34. The lowest BCUT2D eigenvalue weighted by atomic mass is 10.0. The molecule has 0 unspecified atom stereocenters. The minimum absolute atomic E-state index is 0. The highest BCUT2D eigenvalue weighted by molar-refractivity contribution is 9.10. The van der Waals surface area contributed by atoms with Crippen LogP contribution >= 0.6 is 15.9 Å². The molecule has 0 saturated carbocycles. The summed E-state index contributed by atoms with van der Waals surface area (Å²) in [5.41, 5.74) is 6.47. The third-order valence-corrected chi connectivity index (χ3v) is 5.11. The number of primary amides is 1. The first-order valence-corrected chi connectivity index (χ1v) is 9.47. The topological polar surface area (TPSA) is 146 Å². The second-order valence-electron chi connectivity index (χ2n) is 6.56. The Morgan fingerprint density at radius 2 is 1.89 bits per heavy atom. The Morgan fingerprint density at radius 3 is 2.32 bits per heavy atom. The van der Waals surface area contributed by atoms with Crippen LogP contribution in [-0.2, 0) is 6.54 Å². The van der Waals surface area contributed by atoms with E-state index in [1.54, 1.807) is 12.1 Å². The van der Waals surface area contributed by atoms with Gasteiger partial charge in [-0.25, -0.2) is 4.79 Å². The maximum absolute atomic E-state index is 11.9. The fourth-order valence-electron chi connectivity index (χ4n) is 2.88. The molecule has 0 bridgehead atoms. The second-order valence-corrected chi connectivity index (χ2v) is 7.41. The molecule has 1 aliphatic rings. The lowest BCUT2D eigenvalue weighted by Gasteiger charge is -2.34. The lowest BCUT2D eigenvalue weighted by molar-refractivity contribution is -0.0807. The maximum Gasteiger partial charge on any atom is 0.320 e. The molecule has 8 nitrogen and oxygen atoms in total. The standard InChI is InChI=1S/C14H20N2O2.C5H5BrN2O.H3N/c1-4-14(18)11(3)15-13(17)16(14)9-12-7-5-10(2)6-8-12;6-4-2-1-3(8-4)5(7)9;/h5-8,11,18H,4,9H2,1-3H3,(H,15,17);1-2,8H,(H2,7,9);1H3/t11-,14-;;/m0../s1. The molecule has 9 heteroatoms. The number of rotatable bonds is 4. The van der Waals surface area contributed by atoms with Gasteiger partial charge in [-0.1, -0.05) is 36.8 Å². The number of amides is 3. The summed E-state index contributed by atoms with van der Waals surface area (Å²) in [6, 6.07) is 10.9. The van der Waals surface area contributed by atoms with Gasteiger partial charge in [0.1, 0.15) is 5.69 Å². The fraction of sp³-hybridized carbons (Fsp3) is 0.368. The van der Waals surface area contributed by atoms with Gasteiger partial charge in [-0.05, 0) is 53.9 Å². The van der Waals surface area contributed by atoms with E-state index in [2.05, 4.69) is 26.2 Å². The molecule has 0 aliphatic carbocycles. The largest absolute Gasteiger partial charge is 0.369 e. The summed E-state index contributed by atoms with van der Waals surface area (Å²) in [5, 5.41) is 13.3. The fourth-order valence-corrected chi connectivity index (χ4v) is 3.23. The van der Waals surface area contributed by atoms with Crippen LogP contribution in [0.5, 0.6) is 0 Å². The van der Waals surface area contributed by atoms with Crippen LogP contribution in [-0.4, -0.2) is 38.7 Å². The van der Waals surface area contributed by atoms with Gasteiger partial charge in [-0.15, -0.1) is 0 Å². The molecule has 28 heavy (non-hydrogen) atoms. The first-order chi connectivity index (χ1) is 12.7. The Balaban J connectivity index is 0.000000332. The minimum Gasteiger partial charge on any atom is -0.369 e. The van der Waals surface area contributed by atoms with E-state index < -0.39 is 11.6 Å². The molecule has 154 valence electrons. The molecule has 1 aliphatic heterocycles. The van der Waals surface area contributed by atoms with Crippen molar-refractivity contribution < 1.29 is 14.7 Å². The zero-order valence-electron chi connectivity index (χ0n) is 16.3. The highest BCUT2D eigenvalue weighted by atomic mass is 79.9. The summed E-state index contributed by atoms with van der Waals surface area (Å²) >= 11 is 3.14. The number of aliphatic hydroxyl groups is 1. The van der Waals surface area contributed by atoms with Crippen LogP contribution in [0.1, 0.15) is 41.9 Å². The van der Waals surface area contributed by atoms with Crippen molar-refractivity contribution >= 4 is 27.9 Å². The van der Waals surface area contributed by atoms with Gasteiger partial charge >= 0.3 is 6.03 Å². The molecule has 1 aromatic heterocycles. The van der Waals surface area contributed by atoms with Crippen LogP contribution in [0.25, 0.3) is 0 Å². The van der Waals surface area contributed by atoms with Crippen molar-refractivity contribution in [1.82, 2.24) is 21.4 Å². The SMILES string of the molecule is CC[C@]1(O)[C@H](C)NC(=O)N1Cc1ccc(C)cc1.N.NC(=O)c1ccc(Br)[nH]1. The molecular weight excluding hydrogens is 426 g/mol. The highest BCUT2D eigenvalue weighted by Crippen LogP contribution is 2.28. The number of hydrogen-bond donors (Lipinski definition) is 5. The van der Waals surface area contributed by atoms with Crippen LogP contribution in [0, 0.1) is 6.92 Å². The van der Waals surface area contributed by atoms with Crippen LogP contribution in [0.15, 0.2) is 41.0 Å². The number of aryl methyl sites for hydroxylation is 1. The number of hydrogen-bond acceptors (Lipinski definition) is 4. The molecule has 0 spiro atoms. The summed E-state index contributed by atoms with van der Waals surface area (Å²) in [6.07, 6.45) is 0.513. The molecule has 1 fully saturated rings. The summed E-state index contributed by atoms with van der Waals surface area (Å²) in [4.78, 5) is 26.5. The summed E-state index contributed by atoms with van der Waals surface area (Å²) in [6.45, 7) is 6.17. The molecule has 3 amide bonds. The first-order valence-electron chi connectivity index (χ1n) is 8.67. The Bertz CT molecular complexity index is 808. The van der Waals surface area contributed by atoms with Crippen molar-refractivity contribution in [2.45, 2.75) is 45.5 Å². The van der Waals surface area contributed by atoms with E-state index in [0.717, 1.165) is 10.2 Å². The van der Waals surface area contributed by atoms with Crippen LogP contribution in [0.3, 0.4) is 0 Å². The second kappa shape index (κ2) is 9.72. The summed E-state index contributed by atoms with van der Waals surface area (Å²) in [7, 11) is 0. The molecule has 2 aromatic rings. The van der Waals surface area contributed by atoms with Crippen LogP contribution in [0.2, 0.25) is 0 Å². The van der Waals surface area contributed by atoms with Gasteiger partial charge in [0.15, 0.2) is 5.72 Å². The number of nitrogens with zero attached hydrogens (tertiary/aromatic N) is 1. The number of benzene rings is 1.